The first-order valence-corrected chi connectivity index (χ1v) is 7.06. The molecule has 0 aromatic heterocycles. The molecule has 1 aromatic carbocycles. The first kappa shape index (κ1) is 13.8. The number of fused-ring (bicyclic) bond motifs is 2. The van der Waals surface area contributed by atoms with Crippen LogP contribution in [0.2, 0.25) is 0 Å². The van der Waals surface area contributed by atoms with Crippen molar-refractivity contribution in [1.82, 2.24) is 0 Å². The highest BCUT2D eigenvalue weighted by molar-refractivity contribution is 5.96. The number of aryl methyl sites for hydroxylation is 1. The fraction of sp³-hybridized carbons (Fsp3) is 0.375. The molecule has 1 amide bonds. The van der Waals surface area contributed by atoms with Crippen molar-refractivity contribution in [3.63, 3.8) is 0 Å². The molecule has 2 N–H and O–H groups in total. The first-order chi connectivity index (χ1) is 10.1. The van der Waals surface area contributed by atoms with Gasteiger partial charge in [-0.3, -0.25) is 9.59 Å². The van der Waals surface area contributed by atoms with E-state index in [4.69, 9.17) is 4.74 Å². The van der Waals surface area contributed by atoms with Gasteiger partial charge in [-0.2, -0.15) is 0 Å². The van der Waals surface area contributed by atoms with Crippen LogP contribution in [0.4, 0.5) is 5.69 Å². The highest BCUT2D eigenvalue weighted by Gasteiger charge is 2.53. The highest BCUT2D eigenvalue weighted by Crippen LogP contribution is 2.39. The highest BCUT2D eigenvalue weighted by atomic mass is 16.5. The summed E-state index contributed by atoms with van der Waals surface area (Å²) in [6.07, 6.45) is 3.44. The van der Waals surface area contributed by atoms with Gasteiger partial charge in [0.2, 0.25) is 5.91 Å². The Bertz CT molecular complexity index is 610. The van der Waals surface area contributed by atoms with Crippen LogP contribution >= 0.6 is 0 Å². The summed E-state index contributed by atoms with van der Waals surface area (Å²) in [4.78, 5) is 23.8. The zero-order valence-corrected chi connectivity index (χ0v) is 11.7. The van der Waals surface area contributed by atoms with Gasteiger partial charge in [-0.05, 0) is 24.1 Å². The van der Waals surface area contributed by atoms with Crippen LogP contribution in [0.1, 0.15) is 12.5 Å². The summed E-state index contributed by atoms with van der Waals surface area (Å²) in [5, 5.41) is 12.1. The molecule has 4 atom stereocenters. The normalized spacial score (nSPS) is 29.6. The van der Waals surface area contributed by atoms with E-state index in [0.717, 1.165) is 12.0 Å². The number of anilines is 1. The van der Waals surface area contributed by atoms with Crippen molar-refractivity contribution in [3.05, 3.63) is 42.0 Å². The molecule has 1 fully saturated rings. The summed E-state index contributed by atoms with van der Waals surface area (Å²) in [5.74, 6) is -2.78. The number of carboxylic acids is 1. The van der Waals surface area contributed by atoms with Crippen LogP contribution in [0.3, 0.4) is 0 Å². The number of carbonyl (C=O) groups excluding carboxylic acids is 1. The van der Waals surface area contributed by atoms with E-state index in [9.17, 15) is 14.7 Å². The van der Waals surface area contributed by atoms with Crippen LogP contribution in [-0.4, -0.2) is 29.2 Å². The third-order valence-corrected chi connectivity index (χ3v) is 4.09. The fourth-order valence-electron chi connectivity index (χ4n) is 3.01. The molecule has 3 rings (SSSR count). The maximum atomic E-state index is 12.4. The van der Waals surface area contributed by atoms with Crippen molar-refractivity contribution in [2.45, 2.75) is 25.6 Å². The molecule has 2 heterocycles. The summed E-state index contributed by atoms with van der Waals surface area (Å²) < 4.78 is 5.51. The molecule has 110 valence electrons. The molecule has 1 saturated heterocycles. The smallest absolute Gasteiger partial charge is 0.310 e. The standard InChI is InChI=1S/C16H17NO4/c1-2-9-4-3-5-10(8-9)17-15(18)13-11-6-7-12(21-11)14(13)16(19)20/h3-8,11-14H,2H2,1H3,(H,17,18)(H,19,20)/t11-,12-,13+,14+/m1/s1. The van der Waals surface area contributed by atoms with Crippen LogP contribution in [0.25, 0.3) is 0 Å². The second-order valence-electron chi connectivity index (χ2n) is 5.38. The molecule has 0 saturated carbocycles. The van der Waals surface area contributed by atoms with Crippen molar-refractivity contribution in [2.75, 3.05) is 5.32 Å². The van der Waals surface area contributed by atoms with Crippen LogP contribution < -0.4 is 5.32 Å². The number of amides is 1. The molecule has 0 spiro atoms. The average molecular weight is 287 g/mol. The Morgan fingerprint density at radius 1 is 1.24 bits per heavy atom. The Kier molecular flexibility index (Phi) is 3.51. The zero-order chi connectivity index (χ0) is 15.0. The molecule has 0 unspecified atom stereocenters. The van der Waals surface area contributed by atoms with Gasteiger partial charge in [0.25, 0.3) is 0 Å². The quantitative estimate of drug-likeness (QED) is 0.829. The van der Waals surface area contributed by atoms with E-state index in [-0.39, 0.29) is 5.91 Å². The number of carboxylic acid groups (broad SMARTS) is 1. The largest absolute Gasteiger partial charge is 0.481 e. The number of benzene rings is 1. The van der Waals surface area contributed by atoms with Crippen molar-refractivity contribution < 1.29 is 19.4 Å². The lowest BCUT2D eigenvalue weighted by Gasteiger charge is -2.21. The topological polar surface area (TPSA) is 75.6 Å². The van der Waals surface area contributed by atoms with Gasteiger partial charge in [0.1, 0.15) is 5.92 Å². The molecule has 2 aliphatic rings. The van der Waals surface area contributed by atoms with E-state index in [2.05, 4.69) is 5.32 Å². The molecule has 1 aromatic rings. The second kappa shape index (κ2) is 5.33. The number of rotatable bonds is 4. The summed E-state index contributed by atoms with van der Waals surface area (Å²) in [6.45, 7) is 2.04. The minimum Gasteiger partial charge on any atom is -0.481 e. The Labute approximate surface area is 122 Å². The van der Waals surface area contributed by atoms with Gasteiger partial charge >= 0.3 is 5.97 Å². The lowest BCUT2D eigenvalue weighted by Crippen LogP contribution is -2.39. The third kappa shape index (κ3) is 2.45. The minimum absolute atomic E-state index is 0.299. The third-order valence-electron chi connectivity index (χ3n) is 4.09. The zero-order valence-electron chi connectivity index (χ0n) is 11.7. The molecule has 21 heavy (non-hydrogen) atoms. The van der Waals surface area contributed by atoms with E-state index >= 15 is 0 Å². The maximum Gasteiger partial charge on any atom is 0.310 e. The molecular formula is C16H17NO4. The molecule has 0 radical (unpaired) electrons. The summed E-state index contributed by atoms with van der Waals surface area (Å²) >= 11 is 0. The molecule has 2 aliphatic heterocycles. The monoisotopic (exact) mass is 287 g/mol. The number of nitrogens with one attached hydrogen (secondary N) is 1. The van der Waals surface area contributed by atoms with Gasteiger partial charge in [0.05, 0.1) is 18.1 Å². The van der Waals surface area contributed by atoms with Crippen LogP contribution in [0.5, 0.6) is 0 Å². The van der Waals surface area contributed by atoms with E-state index in [1.165, 1.54) is 0 Å². The molecule has 2 bridgehead atoms. The molecular weight excluding hydrogens is 270 g/mol. The Balaban J connectivity index is 1.78. The summed E-state index contributed by atoms with van der Waals surface area (Å²) in [5.41, 5.74) is 1.81. The number of hydrogen-bond acceptors (Lipinski definition) is 3. The molecule has 5 nitrogen and oxygen atoms in total. The summed E-state index contributed by atoms with van der Waals surface area (Å²) in [6, 6.07) is 7.56. The number of aliphatic carboxylic acids is 1. The maximum absolute atomic E-state index is 12.4. The summed E-state index contributed by atoms with van der Waals surface area (Å²) in [7, 11) is 0. The first-order valence-electron chi connectivity index (χ1n) is 7.06. The van der Waals surface area contributed by atoms with Crippen LogP contribution in [0.15, 0.2) is 36.4 Å². The SMILES string of the molecule is CCc1cccc(NC(=O)[C@@H]2[C@@H](C(=O)O)[C@H]3C=C[C@H]2O3)c1. The van der Waals surface area contributed by atoms with E-state index in [0.29, 0.717) is 5.69 Å². The molecule has 0 aliphatic carbocycles. The lowest BCUT2D eigenvalue weighted by atomic mass is 9.82. The van der Waals surface area contributed by atoms with Gasteiger partial charge < -0.3 is 15.2 Å². The lowest BCUT2D eigenvalue weighted by molar-refractivity contribution is -0.145. The number of ether oxygens (including phenoxy) is 1. The van der Waals surface area contributed by atoms with Gasteiger partial charge in [-0.1, -0.05) is 31.2 Å². The van der Waals surface area contributed by atoms with Crippen molar-refractivity contribution >= 4 is 17.6 Å². The van der Waals surface area contributed by atoms with Crippen molar-refractivity contribution in [2.24, 2.45) is 11.8 Å². The van der Waals surface area contributed by atoms with Crippen LogP contribution in [0, 0.1) is 11.8 Å². The van der Waals surface area contributed by atoms with Gasteiger partial charge in [0.15, 0.2) is 0 Å². The van der Waals surface area contributed by atoms with E-state index < -0.39 is 30.0 Å². The van der Waals surface area contributed by atoms with E-state index in [1.54, 1.807) is 18.2 Å². The average Bonchev–Trinajstić information content (AvgIpc) is 3.07. The second-order valence-corrected chi connectivity index (χ2v) is 5.38. The minimum atomic E-state index is -0.991. The predicted octanol–water partition coefficient (Wildman–Crippen LogP) is 1.84. The van der Waals surface area contributed by atoms with Gasteiger partial charge in [-0.15, -0.1) is 0 Å². The van der Waals surface area contributed by atoms with Crippen molar-refractivity contribution in [1.29, 1.82) is 0 Å². The van der Waals surface area contributed by atoms with Crippen LogP contribution in [-0.2, 0) is 20.7 Å². The number of hydrogen-bond donors (Lipinski definition) is 2. The Hall–Kier alpha value is -2.14. The van der Waals surface area contributed by atoms with Crippen molar-refractivity contribution in [3.8, 4) is 0 Å². The van der Waals surface area contributed by atoms with E-state index in [1.807, 2.05) is 25.1 Å². The van der Waals surface area contributed by atoms with Gasteiger partial charge in [-0.25, -0.2) is 0 Å². The predicted molar refractivity (Wildman–Crippen MR) is 76.9 cm³/mol. The Morgan fingerprint density at radius 2 is 1.95 bits per heavy atom. The fourth-order valence-corrected chi connectivity index (χ4v) is 3.01. The number of carbonyl (C=O) groups is 2. The Morgan fingerprint density at radius 3 is 2.62 bits per heavy atom. The van der Waals surface area contributed by atoms with Gasteiger partial charge in [0, 0.05) is 5.69 Å². The molecule has 5 heteroatoms.